The highest BCUT2D eigenvalue weighted by Crippen LogP contribution is 2.15. The smallest absolute Gasteiger partial charge is 0.245 e. The minimum absolute atomic E-state index is 0.0147. The van der Waals surface area contributed by atoms with Gasteiger partial charge in [-0.15, -0.1) is 0 Å². The van der Waals surface area contributed by atoms with Crippen molar-refractivity contribution in [2.24, 2.45) is 4.99 Å². The molecule has 2 aliphatic heterocycles. The molecule has 1 atom stereocenters. The number of ether oxygens (including phenoxy) is 1. The van der Waals surface area contributed by atoms with Crippen molar-refractivity contribution < 1.29 is 14.3 Å². The van der Waals surface area contributed by atoms with E-state index >= 15 is 0 Å². The molecule has 0 spiro atoms. The zero-order chi connectivity index (χ0) is 23.5. The van der Waals surface area contributed by atoms with E-state index in [2.05, 4.69) is 15.6 Å². The van der Waals surface area contributed by atoms with Gasteiger partial charge in [-0.3, -0.25) is 19.9 Å². The predicted molar refractivity (Wildman–Crippen MR) is 126 cm³/mol. The number of hydrogen-bond donors (Lipinski definition) is 2. The highest BCUT2D eigenvalue weighted by Gasteiger charge is 2.30. The molecular formula is C24H34N6O3. The van der Waals surface area contributed by atoms with E-state index in [4.69, 9.17) is 10.00 Å². The van der Waals surface area contributed by atoms with E-state index in [1.54, 1.807) is 4.90 Å². The molecule has 0 saturated carbocycles. The molecule has 2 heterocycles. The standard InChI is InChI=1S/C24H34N6O3/c1-2-33-20-10-8-19(9-11-20)12-13-26-24(27-18-25)28-21-7-3-4-16-30(23(21)32)17-22(31)29-14-5-6-15-29/h8-11,21H,2-7,12-17H2,1H3,(H2,26,27,28). The lowest BCUT2D eigenvalue weighted by Crippen LogP contribution is -2.52. The van der Waals surface area contributed by atoms with Crippen LogP contribution in [0, 0.1) is 11.5 Å². The van der Waals surface area contributed by atoms with Crippen LogP contribution in [0.1, 0.15) is 44.6 Å². The molecule has 0 aliphatic carbocycles. The van der Waals surface area contributed by atoms with Gasteiger partial charge in [0.25, 0.3) is 0 Å². The Kier molecular flexibility index (Phi) is 9.36. The van der Waals surface area contributed by atoms with E-state index in [9.17, 15) is 9.59 Å². The SMILES string of the molecule is CCOc1ccc(CCN=C(NC#N)NC2CCCCN(CC(=O)N3CCCC3)C2=O)cc1. The molecule has 178 valence electrons. The molecule has 2 aliphatic rings. The van der Waals surface area contributed by atoms with Crippen LogP contribution < -0.4 is 15.4 Å². The maximum atomic E-state index is 13.1. The summed E-state index contributed by atoms with van der Waals surface area (Å²) in [5.74, 6) is 1.02. The number of carbonyl (C=O) groups excluding carboxylic acids is 2. The summed E-state index contributed by atoms with van der Waals surface area (Å²) in [5, 5.41) is 14.8. The minimum atomic E-state index is -0.510. The van der Waals surface area contributed by atoms with Gasteiger partial charge in [0.15, 0.2) is 6.19 Å². The fourth-order valence-corrected chi connectivity index (χ4v) is 4.18. The van der Waals surface area contributed by atoms with E-state index in [-0.39, 0.29) is 24.3 Å². The van der Waals surface area contributed by atoms with Gasteiger partial charge in [0.05, 0.1) is 13.2 Å². The van der Waals surface area contributed by atoms with E-state index in [1.165, 1.54) is 0 Å². The van der Waals surface area contributed by atoms with Crippen LogP contribution in [-0.2, 0) is 16.0 Å². The number of rotatable bonds is 8. The fraction of sp³-hybridized carbons (Fsp3) is 0.583. The molecule has 9 nitrogen and oxygen atoms in total. The van der Waals surface area contributed by atoms with Gasteiger partial charge in [-0.1, -0.05) is 12.1 Å². The highest BCUT2D eigenvalue weighted by atomic mass is 16.5. The minimum Gasteiger partial charge on any atom is -0.494 e. The average Bonchev–Trinajstić information content (AvgIpc) is 3.31. The third kappa shape index (κ3) is 7.38. The monoisotopic (exact) mass is 454 g/mol. The Bertz CT molecular complexity index is 858. The summed E-state index contributed by atoms with van der Waals surface area (Å²) < 4.78 is 5.46. The van der Waals surface area contributed by atoms with Crippen molar-refractivity contribution in [2.75, 3.05) is 39.3 Å². The molecule has 1 unspecified atom stereocenters. The first-order chi connectivity index (χ1) is 16.1. The number of aliphatic imine (C=N–C) groups is 1. The summed E-state index contributed by atoms with van der Waals surface area (Å²) in [4.78, 5) is 33.6. The molecule has 0 bridgehead atoms. The zero-order valence-electron chi connectivity index (χ0n) is 19.4. The third-order valence-corrected chi connectivity index (χ3v) is 5.96. The van der Waals surface area contributed by atoms with E-state index in [0.29, 0.717) is 32.5 Å². The molecule has 0 radical (unpaired) electrons. The maximum absolute atomic E-state index is 13.1. The average molecular weight is 455 g/mol. The van der Waals surface area contributed by atoms with Gasteiger partial charge in [-0.05, 0) is 63.1 Å². The van der Waals surface area contributed by atoms with Crippen molar-refractivity contribution in [2.45, 2.75) is 51.5 Å². The van der Waals surface area contributed by atoms with Crippen LogP contribution in [0.3, 0.4) is 0 Å². The van der Waals surface area contributed by atoms with Crippen molar-refractivity contribution in [1.82, 2.24) is 20.4 Å². The number of nitrogens with zero attached hydrogens (tertiary/aromatic N) is 4. The Labute approximate surface area is 195 Å². The molecule has 2 saturated heterocycles. The summed E-state index contributed by atoms with van der Waals surface area (Å²) in [7, 11) is 0. The van der Waals surface area contributed by atoms with Crippen LogP contribution in [0.25, 0.3) is 0 Å². The lowest BCUT2D eigenvalue weighted by molar-refractivity contribution is -0.140. The van der Waals surface area contributed by atoms with Crippen LogP contribution in [0.2, 0.25) is 0 Å². The van der Waals surface area contributed by atoms with Crippen LogP contribution >= 0.6 is 0 Å². The first-order valence-corrected chi connectivity index (χ1v) is 11.8. The van der Waals surface area contributed by atoms with Crippen molar-refractivity contribution in [3.05, 3.63) is 29.8 Å². The van der Waals surface area contributed by atoms with E-state index in [0.717, 1.165) is 50.1 Å². The molecule has 2 fully saturated rings. The largest absolute Gasteiger partial charge is 0.494 e. The Morgan fingerprint density at radius 3 is 2.61 bits per heavy atom. The number of hydrogen-bond acceptors (Lipinski definition) is 5. The lowest BCUT2D eigenvalue weighted by atomic mass is 10.1. The number of nitriles is 1. The molecular weight excluding hydrogens is 420 g/mol. The number of nitrogens with one attached hydrogen (secondary N) is 2. The summed E-state index contributed by atoms with van der Waals surface area (Å²) >= 11 is 0. The summed E-state index contributed by atoms with van der Waals surface area (Å²) in [6.45, 7) is 5.29. The summed E-state index contributed by atoms with van der Waals surface area (Å²) in [6.07, 6.45) is 7.00. The van der Waals surface area contributed by atoms with Gasteiger partial charge in [0, 0.05) is 26.2 Å². The number of amides is 2. The number of guanidine groups is 1. The molecule has 3 rings (SSSR count). The fourth-order valence-electron chi connectivity index (χ4n) is 4.18. The van der Waals surface area contributed by atoms with Crippen LogP contribution in [-0.4, -0.2) is 72.9 Å². The zero-order valence-corrected chi connectivity index (χ0v) is 19.4. The lowest BCUT2D eigenvalue weighted by Gasteiger charge is -2.27. The van der Waals surface area contributed by atoms with Gasteiger partial charge < -0.3 is 19.9 Å². The number of likely N-dealkylation sites (tertiary alicyclic amines) is 2. The Hall–Kier alpha value is -3.28. The molecule has 33 heavy (non-hydrogen) atoms. The molecule has 2 amide bonds. The van der Waals surface area contributed by atoms with E-state index < -0.39 is 6.04 Å². The van der Waals surface area contributed by atoms with Gasteiger partial charge in [-0.2, -0.15) is 5.26 Å². The Morgan fingerprint density at radius 2 is 1.91 bits per heavy atom. The first kappa shape index (κ1) is 24.4. The topological polar surface area (TPSA) is 110 Å². The second-order valence-electron chi connectivity index (χ2n) is 8.33. The normalized spacial score (nSPS) is 19.1. The van der Waals surface area contributed by atoms with E-state index in [1.807, 2.05) is 42.3 Å². The van der Waals surface area contributed by atoms with Crippen molar-refractivity contribution in [3.8, 4) is 11.9 Å². The van der Waals surface area contributed by atoms with Crippen molar-refractivity contribution >= 4 is 17.8 Å². The second kappa shape index (κ2) is 12.7. The van der Waals surface area contributed by atoms with Gasteiger partial charge in [-0.25, -0.2) is 0 Å². The molecule has 1 aromatic carbocycles. The van der Waals surface area contributed by atoms with Crippen molar-refractivity contribution in [3.63, 3.8) is 0 Å². The summed E-state index contributed by atoms with van der Waals surface area (Å²) in [6, 6.07) is 7.34. The highest BCUT2D eigenvalue weighted by molar-refractivity contribution is 5.92. The van der Waals surface area contributed by atoms with Gasteiger partial charge >= 0.3 is 0 Å². The predicted octanol–water partition coefficient (Wildman–Crippen LogP) is 1.65. The Balaban J connectivity index is 1.57. The first-order valence-electron chi connectivity index (χ1n) is 11.8. The number of benzene rings is 1. The Morgan fingerprint density at radius 1 is 1.18 bits per heavy atom. The maximum Gasteiger partial charge on any atom is 0.245 e. The molecule has 2 N–H and O–H groups in total. The molecule has 1 aromatic rings. The third-order valence-electron chi connectivity index (χ3n) is 5.96. The van der Waals surface area contributed by atoms with Crippen LogP contribution in [0.15, 0.2) is 29.3 Å². The van der Waals surface area contributed by atoms with Gasteiger partial charge in [0.1, 0.15) is 11.8 Å². The van der Waals surface area contributed by atoms with Crippen LogP contribution in [0.4, 0.5) is 0 Å². The summed E-state index contributed by atoms with van der Waals surface area (Å²) in [5.41, 5.74) is 1.11. The molecule has 9 heteroatoms. The quantitative estimate of drug-likeness (QED) is 0.268. The number of carbonyl (C=O) groups is 2. The van der Waals surface area contributed by atoms with Crippen LogP contribution in [0.5, 0.6) is 5.75 Å². The van der Waals surface area contributed by atoms with Gasteiger partial charge in [0.2, 0.25) is 17.8 Å². The second-order valence-corrected chi connectivity index (χ2v) is 8.33. The van der Waals surface area contributed by atoms with Crippen molar-refractivity contribution in [1.29, 1.82) is 5.26 Å². The molecule has 0 aromatic heterocycles.